The van der Waals surface area contributed by atoms with Gasteiger partial charge in [0, 0.05) is 11.0 Å². The first-order chi connectivity index (χ1) is 9.31. The summed E-state index contributed by atoms with van der Waals surface area (Å²) in [5, 5.41) is 6.89. The summed E-state index contributed by atoms with van der Waals surface area (Å²) < 4.78 is 0.798. The van der Waals surface area contributed by atoms with E-state index in [9.17, 15) is 4.79 Å². The van der Waals surface area contributed by atoms with Gasteiger partial charge >= 0.3 is 0 Å². The Labute approximate surface area is 138 Å². The lowest BCUT2D eigenvalue weighted by Gasteiger charge is -2.18. The van der Waals surface area contributed by atoms with Crippen LogP contribution in [-0.4, -0.2) is 18.5 Å². The van der Waals surface area contributed by atoms with Gasteiger partial charge < -0.3 is 10.6 Å². The summed E-state index contributed by atoms with van der Waals surface area (Å²) in [6.07, 6.45) is 0.957. The molecule has 1 aromatic carbocycles. The van der Waals surface area contributed by atoms with Gasteiger partial charge in [-0.05, 0) is 31.4 Å². The molecule has 1 amide bonds. The van der Waals surface area contributed by atoms with Crippen molar-refractivity contribution in [2.24, 2.45) is 5.92 Å². The highest BCUT2D eigenvalue weighted by atomic mass is 79.9. The first-order valence-corrected chi connectivity index (χ1v) is 8.05. The Balaban J connectivity index is 2.62. The summed E-state index contributed by atoms with van der Waals surface area (Å²) in [6.45, 7) is 6.69. The summed E-state index contributed by atoms with van der Waals surface area (Å²) in [4.78, 5) is 11.9. The van der Waals surface area contributed by atoms with Gasteiger partial charge in [0.1, 0.15) is 6.04 Å². The monoisotopic (exact) mass is 380 g/mol. The Hall–Kier alpha value is -0.450. The van der Waals surface area contributed by atoms with E-state index in [1.165, 1.54) is 0 Å². The zero-order valence-electron chi connectivity index (χ0n) is 11.8. The standard InChI is InChI=1S/C14H19BrCl2N2O/c1-8(2)4-5-18-14(20)9(3)19-13-11(16)6-10(15)7-12(13)17/h6-9,19H,4-5H2,1-3H3,(H,18,20). The molecule has 0 saturated heterocycles. The van der Waals surface area contributed by atoms with E-state index >= 15 is 0 Å². The minimum atomic E-state index is -0.404. The summed E-state index contributed by atoms with van der Waals surface area (Å²) in [6, 6.07) is 3.07. The summed E-state index contributed by atoms with van der Waals surface area (Å²) in [5.74, 6) is 0.495. The summed E-state index contributed by atoms with van der Waals surface area (Å²) in [5.41, 5.74) is 0.572. The number of amides is 1. The van der Waals surface area contributed by atoms with Gasteiger partial charge in [-0.3, -0.25) is 4.79 Å². The van der Waals surface area contributed by atoms with E-state index in [0.717, 1.165) is 10.9 Å². The number of rotatable bonds is 6. The smallest absolute Gasteiger partial charge is 0.242 e. The van der Waals surface area contributed by atoms with Gasteiger partial charge in [0.05, 0.1) is 15.7 Å². The lowest BCUT2D eigenvalue weighted by Crippen LogP contribution is -2.38. The van der Waals surface area contributed by atoms with Gasteiger partial charge in [-0.1, -0.05) is 53.0 Å². The van der Waals surface area contributed by atoms with Crippen molar-refractivity contribution >= 4 is 50.7 Å². The number of anilines is 1. The number of carbonyl (C=O) groups excluding carboxylic acids is 1. The fourth-order valence-corrected chi connectivity index (χ4v) is 2.92. The van der Waals surface area contributed by atoms with Gasteiger partial charge in [0.2, 0.25) is 5.91 Å². The lowest BCUT2D eigenvalue weighted by atomic mass is 10.1. The molecule has 112 valence electrons. The minimum Gasteiger partial charge on any atom is -0.371 e. The van der Waals surface area contributed by atoms with Crippen LogP contribution in [0.15, 0.2) is 16.6 Å². The van der Waals surface area contributed by atoms with Crippen LogP contribution in [0.4, 0.5) is 5.69 Å². The molecule has 1 rings (SSSR count). The zero-order chi connectivity index (χ0) is 15.3. The largest absolute Gasteiger partial charge is 0.371 e. The van der Waals surface area contributed by atoms with Crippen molar-refractivity contribution in [3.63, 3.8) is 0 Å². The maximum absolute atomic E-state index is 11.9. The number of hydrogen-bond donors (Lipinski definition) is 2. The number of halogens is 3. The fourth-order valence-electron chi connectivity index (χ4n) is 1.60. The molecule has 1 aromatic rings. The van der Waals surface area contributed by atoms with E-state index in [0.29, 0.717) is 28.2 Å². The van der Waals surface area contributed by atoms with Crippen molar-refractivity contribution in [2.75, 3.05) is 11.9 Å². The zero-order valence-corrected chi connectivity index (χ0v) is 14.9. The van der Waals surface area contributed by atoms with Crippen LogP contribution in [0.3, 0.4) is 0 Å². The van der Waals surface area contributed by atoms with Crippen LogP contribution < -0.4 is 10.6 Å². The van der Waals surface area contributed by atoms with E-state index in [1.54, 1.807) is 19.1 Å². The Morgan fingerprint density at radius 2 is 1.80 bits per heavy atom. The van der Waals surface area contributed by atoms with Crippen molar-refractivity contribution < 1.29 is 4.79 Å². The predicted molar refractivity (Wildman–Crippen MR) is 89.7 cm³/mol. The third-order valence-electron chi connectivity index (χ3n) is 2.78. The average molecular weight is 382 g/mol. The first kappa shape index (κ1) is 17.6. The Kier molecular flexibility index (Phi) is 7.13. The molecule has 0 spiro atoms. The van der Waals surface area contributed by atoms with Crippen molar-refractivity contribution in [3.8, 4) is 0 Å². The molecule has 0 aliphatic rings. The van der Waals surface area contributed by atoms with Gasteiger partial charge in [-0.15, -0.1) is 0 Å². The Morgan fingerprint density at radius 3 is 2.30 bits per heavy atom. The number of carbonyl (C=O) groups is 1. The summed E-state index contributed by atoms with van der Waals surface area (Å²) >= 11 is 15.6. The molecule has 1 atom stereocenters. The van der Waals surface area contributed by atoms with E-state index in [1.807, 2.05) is 0 Å². The van der Waals surface area contributed by atoms with Gasteiger partial charge in [0.25, 0.3) is 0 Å². The van der Waals surface area contributed by atoms with Gasteiger partial charge in [-0.25, -0.2) is 0 Å². The normalized spacial score (nSPS) is 12.3. The van der Waals surface area contributed by atoms with Gasteiger partial charge in [-0.2, -0.15) is 0 Å². The molecule has 6 heteroatoms. The van der Waals surface area contributed by atoms with E-state index in [-0.39, 0.29) is 5.91 Å². The topological polar surface area (TPSA) is 41.1 Å². The second kappa shape index (κ2) is 8.11. The highest BCUT2D eigenvalue weighted by Gasteiger charge is 2.16. The molecule has 0 heterocycles. The van der Waals surface area contributed by atoms with Crippen LogP contribution >= 0.6 is 39.1 Å². The second-order valence-electron chi connectivity index (χ2n) is 5.08. The third-order valence-corrected chi connectivity index (χ3v) is 3.84. The van der Waals surface area contributed by atoms with E-state index in [4.69, 9.17) is 23.2 Å². The van der Waals surface area contributed by atoms with E-state index < -0.39 is 6.04 Å². The van der Waals surface area contributed by atoms with Crippen molar-refractivity contribution in [1.29, 1.82) is 0 Å². The van der Waals surface area contributed by atoms with Crippen LogP contribution in [0.1, 0.15) is 27.2 Å². The molecule has 0 aromatic heterocycles. The molecule has 0 fully saturated rings. The van der Waals surface area contributed by atoms with Crippen LogP contribution in [0, 0.1) is 5.92 Å². The molecule has 2 N–H and O–H groups in total. The third kappa shape index (κ3) is 5.51. The second-order valence-corrected chi connectivity index (χ2v) is 6.81. The fraction of sp³-hybridized carbons (Fsp3) is 0.500. The number of hydrogen-bond acceptors (Lipinski definition) is 2. The van der Waals surface area contributed by atoms with Crippen molar-refractivity contribution in [1.82, 2.24) is 5.32 Å². The molecule has 3 nitrogen and oxygen atoms in total. The van der Waals surface area contributed by atoms with Crippen LogP contribution in [-0.2, 0) is 4.79 Å². The SMILES string of the molecule is CC(C)CCNC(=O)C(C)Nc1c(Cl)cc(Br)cc1Cl. The Bertz CT molecular complexity index is 457. The Morgan fingerprint density at radius 1 is 1.25 bits per heavy atom. The quantitative estimate of drug-likeness (QED) is 0.748. The highest BCUT2D eigenvalue weighted by Crippen LogP contribution is 2.34. The molecule has 0 aliphatic carbocycles. The first-order valence-electron chi connectivity index (χ1n) is 6.50. The van der Waals surface area contributed by atoms with Crippen molar-refractivity contribution in [2.45, 2.75) is 33.2 Å². The molecule has 1 unspecified atom stereocenters. The predicted octanol–water partition coefficient (Wildman–Crippen LogP) is 4.72. The van der Waals surface area contributed by atoms with E-state index in [2.05, 4.69) is 40.4 Å². The maximum atomic E-state index is 11.9. The molecular weight excluding hydrogens is 363 g/mol. The number of benzene rings is 1. The van der Waals surface area contributed by atoms with Crippen LogP contribution in [0.25, 0.3) is 0 Å². The maximum Gasteiger partial charge on any atom is 0.242 e. The number of nitrogens with one attached hydrogen (secondary N) is 2. The highest BCUT2D eigenvalue weighted by molar-refractivity contribution is 9.10. The summed E-state index contributed by atoms with van der Waals surface area (Å²) in [7, 11) is 0. The van der Waals surface area contributed by atoms with Crippen LogP contribution in [0.5, 0.6) is 0 Å². The molecule has 20 heavy (non-hydrogen) atoms. The van der Waals surface area contributed by atoms with Gasteiger partial charge in [0.15, 0.2) is 0 Å². The lowest BCUT2D eigenvalue weighted by molar-refractivity contribution is -0.121. The average Bonchev–Trinajstić information content (AvgIpc) is 2.32. The minimum absolute atomic E-state index is 0.0688. The van der Waals surface area contributed by atoms with Crippen molar-refractivity contribution in [3.05, 3.63) is 26.7 Å². The van der Waals surface area contributed by atoms with Crippen LogP contribution in [0.2, 0.25) is 10.0 Å². The molecular formula is C14H19BrCl2N2O. The molecule has 0 aliphatic heterocycles. The molecule has 0 saturated carbocycles. The molecule has 0 bridgehead atoms. The molecule has 0 radical (unpaired) electrons.